The second kappa shape index (κ2) is 4.50. The molecule has 44 valence electrons. The minimum Gasteiger partial charge on any atom is -0.300 e. The third-order valence-electron chi connectivity index (χ3n) is 0.734. The first-order valence-electron chi connectivity index (χ1n) is 2.47. The fourth-order valence-corrected chi connectivity index (χ4v) is 0.358. The highest BCUT2D eigenvalue weighted by Gasteiger charge is 1.90. The molecule has 0 saturated heterocycles. The van der Waals surface area contributed by atoms with Crippen molar-refractivity contribution >= 4 is 12.1 Å². The van der Waals surface area contributed by atoms with Crippen molar-refractivity contribution < 1.29 is 9.59 Å². The van der Waals surface area contributed by atoms with Crippen LogP contribution in [0.15, 0.2) is 0 Å². The molecule has 0 bridgehead atoms. The van der Waals surface area contributed by atoms with Crippen molar-refractivity contribution in [1.82, 2.24) is 0 Å². The molecule has 0 N–H and O–H groups in total. The lowest BCUT2D eigenvalue weighted by molar-refractivity contribution is -0.114. The van der Waals surface area contributed by atoms with Gasteiger partial charge in [0.05, 0.1) is 0 Å². The Balaban J connectivity index is 2.93. The fraction of sp³-hybridized carbons (Fsp3) is 0.500. The van der Waals surface area contributed by atoms with Crippen molar-refractivity contribution in [1.29, 1.82) is 0 Å². The van der Waals surface area contributed by atoms with E-state index in [2.05, 4.69) is 6.92 Å². The Bertz CT molecular complexity index is 86.5. The predicted molar refractivity (Wildman–Crippen MR) is 29.9 cm³/mol. The van der Waals surface area contributed by atoms with E-state index in [1.807, 2.05) is 0 Å². The summed E-state index contributed by atoms with van der Waals surface area (Å²) in [6.07, 6.45) is 3.03. The van der Waals surface area contributed by atoms with E-state index in [4.69, 9.17) is 0 Å². The van der Waals surface area contributed by atoms with Crippen LogP contribution in [-0.2, 0) is 9.59 Å². The molecule has 0 atom stereocenters. The zero-order valence-corrected chi connectivity index (χ0v) is 4.64. The van der Waals surface area contributed by atoms with E-state index in [-0.39, 0.29) is 5.78 Å². The van der Waals surface area contributed by atoms with Crippen molar-refractivity contribution in [2.24, 2.45) is 0 Å². The number of hydrogen-bond donors (Lipinski definition) is 0. The van der Waals surface area contributed by atoms with Gasteiger partial charge in [0.25, 0.3) is 0 Å². The van der Waals surface area contributed by atoms with Gasteiger partial charge < -0.3 is 0 Å². The molecule has 0 unspecified atom stereocenters. The van der Waals surface area contributed by atoms with Gasteiger partial charge in [-0.15, -0.1) is 0 Å². The van der Waals surface area contributed by atoms with Gasteiger partial charge in [-0.25, -0.2) is 0 Å². The molecular formula is C6H8O2. The van der Waals surface area contributed by atoms with Crippen LogP contribution in [0.3, 0.4) is 0 Å². The number of carbonyl (C=O) groups is 1. The van der Waals surface area contributed by atoms with Gasteiger partial charge in [0.2, 0.25) is 0 Å². The van der Waals surface area contributed by atoms with Crippen molar-refractivity contribution in [2.75, 3.05) is 0 Å². The Kier molecular flexibility index (Phi) is 4.13. The van der Waals surface area contributed by atoms with Crippen LogP contribution in [0.25, 0.3) is 0 Å². The van der Waals surface area contributed by atoms with E-state index < -0.39 is 0 Å². The first-order chi connectivity index (χ1) is 3.77. The quantitative estimate of drug-likeness (QED) is 0.501. The largest absolute Gasteiger partial charge is 0.300 e. The molecule has 0 saturated carbocycles. The number of hydrogen-bond acceptors (Lipinski definition) is 2. The van der Waals surface area contributed by atoms with Crippen LogP contribution in [0.2, 0.25) is 0 Å². The zero-order valence-electron chi connectivity index (χ0n) is 4.64. The van der Waals surface area contributed by atoms with Gasteiger partial charge >= 0.3 is 0 Å². The Morgan fingerprint density at radius 3 is 2.62 bits per heavy atom. The summed E-state index contributed by atoms with van der Waals surface area (Å²) in [6, 6.07) is 0. The maximum absolute atomic E-state index is 10.1. The van der Waals surface area contributed by atoms with Crippen LogP contribution in [-0.4, -0.2) is 12.1 Å². The maximum Gasteiger partial charge on any atom is 0.198 e. The fourth-order valence-electron chi connectivity index (χ4n) is 0.358. The van der Waals surface area contributed by atoms with Gasteiger partial charge in [-0.05, 0) is 6.42 Å². The van der Waals surface area contributed by atoms with Crippen molar-refractivity contribution in [3.63, 3.8) is 0 Å². The number of rotatable bonds is 4. The molecule has 2 heteroatoms. The van der Waals surface area contributed by atoms with Crippen LogP contribution in [0.1, 0.15) is 19.3 Å². The molecule has 0 aliphatic heterocycles. The first-order valence-corrected chi connectivity index (χ1v) is 2.47. The summed E-state index contributed by atoms with van der Waals surface area (Å²) in [4.78, 5) is 19.6. The zero-order chi connectivity index (χ0) is 6.41. The molecule has 0 aromatic rings. The predicted octanol–water partition coefficient (Wildman–Crippen LogP) is 0.670. The van der Waals surface area contributed by atoms with Gasteiger partial charge in [0.15, 0.2) is 6.29 Å². The highest BCUT2D eigenvalue weighted by molar-refractivity contribution is 5.82. The normalized spacial score (nSPS) is 8.62. The van der Waals surface area contributed by atoms with Gasteiger partial charge in [-0.3, -0.25) is 9.59 Å². The van der Waals surface area contributed by atoms with Gasteiger partial charge in [0.1, 0.15) is 5.78 Å². The lowest BCUT2D eigenvalue weighted by Gasteiger charge is -1.85. The summed E-state index contributed by atoms with van der Waals surface area (Å²) in [5.74, 6) is -0.111. The van der Waals surface area contributed by atoms with Crippen LogP contribution >= 0.6 is 0 Å². The summed E-state index contributed by atoms with van der Waals surface area (Å²) in [5.41, 5.74) is 0. The van der Waals surface area contributed by atoms with E-state index in [1.54, 1.807) is 6.29 Å². The summed E-state index contributed by atoms with van der Waals surface area (Å²) < 4.78 is 0. The smallest absolute Gasteiger partial charge is 0.198 e. The van der Waals surface area contributed by atoms with Crippen molar-refractivity contribution in [2.45, 2.75) is 19.3 Å². The van der Waals surface area contributed by atoms with Crippen LogP contribution in [0.5, 0.6) is 0 Å². The second-order valence-corrected chi connectivity index (χ2v) is 1.54. The molecule has 2 radical (unpaired) electrons. The average molecular weight is 112 g/mol. The van der Waals surface area contributed by atoms with Crippen LogP contribution in [0, 0.1) is 6.92 Å². The monoisotopic (exact) mass is 112 g/mol. The van der Waals surface area contributed by atoms with Gasteiger partial charge in [0, 0.05) is 19.8 Å². The minimum atomic E-state index is -0.111. The third-order valence-corrected chi connectivity index (χ3v) is 0.734. The molecule has 2 nitrogen and oxygen atoms in total. The number of unbranched alkanes of at least 4 members (excludes halogenated alkanes) is 1. The average Bonchev–Trinajstić information content (AvgIpc) is 1.66. The van der Waals surface area contributed by atoms with E-state index in [9.17, 15) is 9.59 Å². The van der Waals surface area contributed by atoms with Crippen molar-refractivity contribution in [3.05, 3.63) is 6.92 Å². The highest BCUT2D eigenvalue weighted by Crippen LogP contribution is 1.91. The number of carbonyl (C=O) groups excluding carboxylic acids is 2. The summed E-state index contributed by atoms with van der Waals surface area (Å²) >= 11 is 0. The first kappa shape index (κ1) is 7.34. The molecule has 8 heavy (non-hydrogen) atoms. The number of Topliss-reactive ketones (excluding diaryl/α,β-unsaturated/α-hetero) is 1. The number of ketones is 1. The molecule has 0 aliphatic carbocycles. The molecule has 0 aliphatic rings. The molecule has 0 amide bonds. The summed E-state index contributed by atoms with van der Waals surface area (Å²) in [7, 11) is 0. The highest BCUT2D eigenvalue weighted by atomic mass is 16.1. The Hall–Kier alpha value is -0.660. The topological polar surface area (TPSA) is 34.1 Å². The van der Waals surface area contributed by atoms with E-state index in [0.29, 0.717) is 19.3 Å². The summed E-state index contributed by atoms with van der Waals surface area (Å²) in [6.45, 7) is 3.14. The lowest BCUT2D eigenvalue weighted by atomic mass is 10.2. The minimum absolute atomic E-state index is 0.111. The van der Waals surface area contributed by atoms with Crippen LogP contribution < -0.4 is 0 Å². The van der Waals surface area contributed by atoms with E-state index >= 15 is 0 Å². The Morgan fingerprint density at radius 2 is 2.25 bits per heavy atom. The standard InChI is InChI=1S/C6H8O2/c1-6(8)4-2-3-5-7/h1-4H2. The Morgan fingerprint density at radius 1 is 1.62 bits per heavy atom. The SMILES string of the molecule is [CH2]C(=O)CCC[C]=O. The molecule has 0 rings (SSSR count). The van der Waals surface area contributed by atoms with Gasteiger partial charge in [-0.2, -0.15) is 0 Å². The molecule has 0 spiro atoms. The third kappa shape index (κ3) is 5.34. The summed E-state index contributed by atoms with van der Waals surface area (Å²) in [5, 5.41) is 0. The lowest BCUT2D eigenvalue weighted by Crippen LogP contribution is -1.89. The molecule has 0 aromatic heterocycles. The van der Waals surface area contributed by atoms with Crippen LogP contribution in [0.4, 0.5) is 0 Å². The molecule has 0 heterocycles. The molecule has 0 fully saturated rings. The second-order valence-electron chi connectivity index (χ2n) is 1.54. The molecular weight excluding hydrogens is 104 g/mol. The van der Waals surface area contributed by atoms with E-state index in [1.165, 1.54) is 0 Å². The van der Waals surface area contributed by atoms with Crippen molar-refractivity contribution in [3.8, 4) is 0 Å². The van der Waals surface area contributed by atoms with E-state index in [0.717, 1.165) is 0 Å². The Labute approximate surface area is 48.9 Å². The maximum atomic E-state index is 10.1. The molecule has 0 aromatic carbocycles. The van der Waals surface area contributed by atoms with Gasteiger partial charge in [-0.1, -0.05) is 0 Å².